The van der Waals surface area contributed by atoms with E-state index in [0.29, 0.717) is 27.2 Å². The van der Waals surface area contributed by atoms with Gasteiger partial charge in [-0.3, -0.25) is 4.79 Å². The van der Waals surface area contributed by atoms with Gasteiger partial charge in [0.05, 0.1) is 17.1 Å². The molecule has 2 aromatic carbocycles. The third kappa shape index (κ3) is 3.56. The lowest BCUT2D eigenvalue weighted by atomic mass is 10.2. The molecule has 0 saturated carbocycles. The number of hydrogen-bond donors (Lipinski definition) is 1. The van der Waals surface area contributed by atoms with Gasteiger partial charge in [-0.15, -0.1) is 0 Å². The van der Waals surface area contributed by atoms with Crippen LogP contribution in [-0.2, 0) is 4.79 Å². The SMILES string of the molecule is O=C(CSc1nc2ccccc2o1)Nc1cc(Cl)ccc1-n1cncn1. The first-order valence-corrected chi connectivity index (χ1v) is 8.98. The summed E-state index contributed by atoms with van der Waals surface area (Å²) in [6, 6.07) is 12.6. The van der Waals surface area contributed by atoms with Crippen LogP contribution >= 0.6 is 23.4 Å². The van der Waals surface area contributed by atoms with Crippen molar-refractivity contribution >= 4 is 46.1 Å². The minimum absolute atomic E-state index is 0.149. The highest BCUT2D eigenvalue weighted by molar-refractivity contribution is 7.99. The molecular weight excluding hydrogens is 374 g/mol. The molecule has 0 radical (unpaired) electrons. The van der Waals surface area contributed by atoms with E-state index in [1.807, 2.05) is 24.3 Å². The Kier molecular flexibility index (Phi) is 4.59. The van der Waals surface area contributed by atoms with Crippen LogP contribution in [0.4, 0.5) is 5.69 Å². The predicted octanol–water partition coefficient (Wildman–Crippen LogP) is 3.79. The average molecular weight is 386 g/mol. The molecule has 0 aliphatic rings. The fraction of sp³-hybridized carbons (Fsp3) is 0.0588. The third-order valence-corrected chi connectivity index (χ3v) is 4.56. The van der Waals surface area contributed by atoms with Crippen LogP contribution in [0, 0.1) is 0 Å². The number of carbonyl (C=O) groups excluding carboxylic acids is 1. The lowest BCUT2D eigenvalue weighted by molar-refractivity contribution is -0.113. The second-order valence-corrected chi connectivity index (χ2v) is 6.65. The summed E-state index contributed by atoms with van der Waals surface area (Å²) >= 11 is 7.28. The molecule has 1 amide bonds. The summed E-state index contributed by atoms with van der Waals surface area (Å²) in [6.45, 7) is 0. The molecule has 0 saturated heterocycles. The average Bonchev–Trinajstić information content (AvgIpc) is 3.29. The fourth-order valence-electron chi connectivity index (χ4n) is 2.37. The van der Waals surface area contributed by atoms with Crippen molar-refractivity contribution in [3.8, 4) is 5.69 Å². The minimum Gasteiger partial charge on any atom is -0.431 e. The van der Waals surface area contributed by atoms with E-state index in [2.05, 4.69) is 20.4 Å². The van der Waals surface area contributed by atoms with Gasteiger partial charge in [-0.2, -0.15) is 5.10 Å². The molecular formula is C17H12ClN5O2S. The van der Waals surface area contributed by atoms with Crippen molar-refractivity contribution in [2.75, 3.05) is 11.1 Å². The third-order valence-electron chi connectivity index (χ3n) is 3.50. The van der Waals surface area contributed by atoms with Gasteiger partial charge in [-0.25, -0.2) is 14.6 Å². The number of benzene rings is 2. The number of fused-ring (bicyclic) bond motifs is 1. The molecule has 0 aliphatic heterocycles. The Morgan fingerprint density at radius 3 is 2.96 bits per heavy atom. The van der Waals surface area contributed by atoms with E-state index in [1.165, 1.54) is 18.1 Å². The Morgan fingerprint density at radius 2 is 2.15 bits per heavy atom. The topological polar surface area (TPSA) is 85.8 Å². The number of carbonyl (C=O) groups is 1. The molecule has 4 rings (SSSR count). The molecule has 7 nitrogen and oxygen atoms in total. The van der Waals surface area contributed by atoms with Crippen LogP contribution in [0.5, 0.6) is 0 Å². The highest BCUT2D eigenvalue weighted by atomic mass is 35.5. The van der Waals surface area contributed by atoms with E-state index in [-0.39, 0.29) is 11.7 Å². The lowest BCUT2D eigenvalue weighted by Crippen LogP contribution is -2.16. The number of oxazole rings is 1. The number of thioether (sulfide) groups is 1. The Hall–Kier alpha value is -2.84. The first kappa shape index (κ1) is 16.6. The van der Waals surface area contributed by atoms with Gasteiger partial charge >= 0.3 is 0 Å². The smallest absolute Gasteiger partial charge is 0.257 e. The summed E-state index contributed by atoms with van der Waals surface area (Å²) in [5.74, 6) is -0.0586. The number of anilines is 1. The predicted molar refractivity (Wildman–Crippen MR) is 99.7 cm³/mol. The molecule has 0 aliphatic carbocycles. The largest absolute Gasteiger partial charge is 0.431 e. The second kappa shape index (κ2) is 7.19. The van der Waals surface area contributed by atoms with E-state index in [4.69, 9.17) is 16.0 Å². The first-order valence-electron chi connectivity index (χ1n) is 7.62. The van der Waals surface area contributed by atoms with Gasteiger partial charge in [-0.05, 0) is 30.3 Å². The Bertz CT molecular complexity index is 1030. The van der Waals surface area contributed by atoms with Crippen molar-refractivity contribution in [2.24, 2.45) is 0 Å². The van der Waals surface area contributed by atoms with Gasteiger partial charge in [0, 0.05) is 5.02 Å². The molecule has 2 heterocycles. The highest BCUT2D eigenvalue weighted by Gasteiger charge is 2.12. The Balaban J connectivity index is 1.47. The van der Waals surface area contributed by atoms with Crippen molar-refractivity contribution in [1.82, 2.24) is 19.7 Å². The van der Waals surface area contributed by atoms with Crippen molar-refractivity contribution in [3.63, 3.8) is 0 Å². The number of nitrogens with zero attached hydrogens (tertiary/aromatic N) is 4. The maximum Gasteiger partial charge on any atom is 0.257 e. The number of halogens is 1. The maximum absolute atomic E-state index is 12.3. The highest BCUT2D eigenvalue weighted by Crippen LogP contribution is 2.26. The Morgan fingerprint density at radius 1 is 1.27 bits per heavy atom. The fourth-order valence-corrected chi connectivity index (χ4v) is 3.18. The summed E-state index contributed by atoms with van der Waals surface area (Å²) in [7, 11) is 0. The van der Waals surface area contributed by atoms with Crippen molar-refractivity contribution in [3.05, 3.63) is 60.1 Å². The van der Waals surface area contributed by atoms with E-state index in [0.717, 1.165) is 5.52 Å². The maximum atomic E-state index is 12.3. The minimum atomic E-state index is -0.208. The van der Waals surface area contributed by atoms with Crippen LogP contribution in [0.3, 0.4) is 0 Å². The van der Waals surface area contributed by atoms with Crippen LogP contribution in [-0.4, -0.2) is 31.4 Å². The first-order chi connectivity index (χ1) is 12.7. The summed E-state index contributed by atoms with van der Waals surface area (Å²) in [6.07, 6.45) is 2.97. The number of para-hydroxylation sites is 2. The van der Waals surface area contributed by atoms with Crippen molar-refractivity contribution < 1.29 is 9.21 Å². The summed E-state index contributed by atoms with van der Waals surface area (Å²) in [5, 5.41) is 7.88. The summed E-state index contributed by atoms with van der Waals surface area (Å²) in [4.78, 5) is 20.6. The molecule has 26 heavy (non-hydrogen) atoms. The zero-order chi connectivity index (χ0) is 17.9. The van der Waals surface area contributed by atoms with Crippen molar-refractivity contribution in [2.45, 2.75) is 5.22 Å². The molecule has 0 fully saturated rings. The van der Waals surface area contributed by atoms with E-state index in [9.17, 15) is 4.79 Å². The Labute approximate surface area is 157 Å². The van der Waals surface area contributed by atoms with Crippen LogP contribution in [0.25, 0.3) is 16.8 Å². The van der Waals surface area contributed by atoms with Crippen LogP contribution in [0.15, 0.2) is 64.8 Å². The van der Waals surface area contributed by atoms with E-state index < -0.39 is 0 Å². The van der Waals surface area contributed by atoms with E-state index >= 15 is 0 Å². The molecule has 2 aromatic heterocycles. The van der Waals surface area contributed by atoms with Crippen LogP contribution < -0.4 is 5.32 Å². The second-order valence-electron chi connectivity index (χ2n) is 5.29. The number of nitrogens with one attached hydrogen (secondary N) is 1. The van der Waals surface area contributed by atoms with Gasteiger partial charge in [0.25, 0.3) is 5.22 Å². The van der Waals surface area contributed by atoms with Gasteiger partial charge in [0.2, 0.25) is 5.91 Å². The molecule has 130 valence electrons. The number of amides is 1. The van der Waals surface area contributed by atoms with Gasteiger partial charge < -0.3 is 9.73 Å². The molecule has 1 N–H and O–H groups in total. The number of aromatic nitrogens is 4. The number of hydrogen-bond acceptors (Lipinski definition) is 6. The molecule has 0 unspecified atom stereocenters. The van der Waals surface area contributed by atoms with Crippen LogP contribution in [0.1, 0.15) is 0 Å². The zero-order valence-corrected chi connectivity index (χ0v) is 14.9. The van der Waals surface area contributed by atoms with Gasteiger partial charge in [0.15, 0.2) is 5.58 Å². The molecule has 9 heteroatoms. The standard InChI is InChI=1S/C17H12ClN5O2S/c18-11-5-6-14(23-10-19-9-20-23)13(7-11)21-16(24)8-26-17-22-12-3-1-2-4-15(12)25-17/h1-7,9-10H,8H2,(H,21,24). The molecule has 0 bridgehead atoms. The number of rotatable bonds is 5. The lowest BCUT2D eigenvalue weighted by Gasteiger charge is -2.10. The van der Waals surface area contributed by atoms with Crippen LogP contribution in [0.2, 0.25) is 5.02 Å². The van der Waals surface area contributed by atoms with E-state index in [1.54, 1.807) is 29.2 Å². The molecule has 0 atom stereocenters. The van der Waals surface area contributed by atoms with Gasteiger partial charge in [0.1, 0.15) is 18.2 Å². The molecule has 0 spiro atoms. The molecule has 4 aromatic rings. The summed E-state index contributed by atoms with van der Waals surface area (Å²) < 4.78 is 7.15. The summed E-state index contributed by atoms with van der Waals surface area (Å²) in [5.41, 5.74) is 2.68. The van der Waals surface area contributed by atoms with Crippen molar-refractivity contribution in [1.29, 1.82) is 0 Å². The quantitative estimate of drug-likeness (QED) is 0.526. The monoisotopic (exact) mass is 385 g/mol. The zero-order valence-electron chi connectivity index (χ0n) is 13.3. The van der Waals surface area contributed by atoms with Gasteiger partial charge in [-0.1, -0.05) is 35.5 Å². The normalized spacial score (nSPS) is 11.0.